The summed E-state index contributed by atoms with van der Waals surface area (Å²) >= 11 is 1.50. The molecule has 7 nitrogen and oxygen atoms in total. The molecule has 26 heavy (non-hydrogen) atoms. The van der Waals surface area contributed by atoms with Crippen LogP contribution in [0.15, 0.2) is 45.4 Å². The molecule has 138 valence electrons. The Kier molecular flexibility index (Phi) is 5.75. The summed E-state index contributed by atoms with van der Waals surface area (Å²) in [5, 5.41) is 12.8. The van der Waals surface area contributed by atoms with Crippen LogP contribution in [0, 0.1) is 0 Å². The first-order valence-electron chi connectivity index (χ1n) is 8.31. The van der Waals surface area contributed by atoms with E-state index in [4.69, 9.17) is 20.4 Å². The second-order valence-corrected chi connectivity index (χ2v) is 7.17. The molecular weight excluding hydrogens is 352 g/mol. The maximum absolute atomic E-state index is 8.86. The van der Waals surface area contributed by atoms with Crippen LogP contribution in [0.25, 0.3) is 0 Å². The fraction of sp³-hybridized carbons (Fsp3) is 0.389. The lowest BCUT2D eigenvalue weighted by atomic mass is 9.90. The Bertz CT molecular complexity index is 790. The van der Waals surface area contributed by atoms with E-state index in [1.807, 2.05) is 30.3 Å². The minimum Gasteiger partial charge on any atom is -0.411 e. The Hall–Kier alpha value is -2.16. The highest BCUT2D eigenvalue weighted by Crippen LogP contribution is 2.37. The summed E-state index contributed by atoms with van der Waals surface area (Å²) < 4.78 is 11.3. The number of nitrogens with zero attached hydrogens (tertiary/aromatic N) is 3. The molecule has 2 heterocycles. The third-order valence-corrected chi connectivity index (χ3v) is 5.45. The maximum atomic E-state index is 8.86. The zero-order valence-corrected chi connectivity index (χ0v) is 15.6. The van der Waals surface area contributed by atoms with Gasteiger partial charge in [-0.2, -0.15) is 0 Å². The smallest absolute Gasteiger partial charge is 0.221 e. The molecule has 2 aromatic rings. The molecule has 3 rings (SSSR count). The van der Waals surface area contributed by atoms with E-state index in [9.17, 15) is 0 Å². The molecule has 0 radical (unpaired) electrons. The topological polar surface area (TPSA) is 103 Å². The van der Waals surface area contributed by atoms with Gasteiger partial charge in [0.05, 0.1) is 11.4 Å². The van der Waals surface area contributed by atoms with E-state index in [-0.39, 0.29) is 5.95 Å². The molecule has 0 unspecified atom stereocenters. The van der Waals surface area contributed by atoms with Crippen molar-refractivity contribution in [3.05, 3.63) is 41.6 Å². The second kappa shape index (κ2) is 8.03. The van der Waals surface area contributed by atoms with Gasteiger partial charge in [-0.05, 0) is 30.7 Å². The van der Waals surface area contributed by atoms with Crippen LogP contribution in [-0.2, 0) is 15.1 Å². The lowest BCUT2D eigenvalue weighted by Gasteiger charge is -2.35. The number of ether oxygens (including phenoxy) is 2. The van der Waals surface area contributed by atoms with Crippen molar-refractivity contribution in [1.29, 1.82) is 0 Å². The van der Waals surface area contributed by atoms with Crippen LogP contribution in [0.2, 0.25) is 0 Å². The summed E-state index contributed by atoms with van der Waals surface area (Å²) in [6.07, 6.45) is 1.47. The Morgan fingerprint density at radius 3 is 2.58 bits per heavy atom. The van der Waals surface area contributed by atoms with Gasteiger partial charge < -0.3 is 20.4 Å². The summed E-state index contributed by atoms with van der Waals surface area (Å²) in [5.74, 6) is 0.229. The van der Waals surface area contributed by atoms with Crippen molar-refractivity contribution in [2.45, 2.75) is 35.3 Å². The monoisotopic (exact) mass is 374 g/mol. The fourth-order valence-corrected chi connectivity index (χ4v) is 3.76. The highest BCUT2D eigenvalue weighted by Gasteiger charge is 2.36. The largest absolute Gasteiger partial charge is 0.411 e. The zero-order chi connectivity index (χ0) is 18.6. The SMILES string of the molecule is COC1(c2cc(Sc3ccc(/C(C)=N\O)cc3)nc(N)n2)CCOCC1. The van der Waals surface area contributed by atoms with E-state index in [2.05, 4.69) is 15.1 Å². The van der Waals surface area contributed by atoms with E-state index in [1.165, 1.54) is 11.8 Å². The number of nitrogen functional groups attached to an aromatic ring is 1. The van der Waals surface area contributed by atoms with Gasteiger partial charge in [0.25, 0.3) is 0 Å². The first-order chi connectivity index (χ1) is 12.6. The molecule has 1 aliphatic rings. The number of nitrogens with two attached hydrogens (primary N) is 1. The van der Waals surface area contributed by atoms with Crippen molar-refractivity contribution >= 4 is 23.4 Å². The van der Waals surface area contributed by atoms with Crippen LogP contribution >= 0.6 is 11.8 Å². The highest BCUT2D eigenvalue weighted by atomic mass is 32.2. The van der Waals surface area contributed by atoms with Crippen molar-refractivity contribution in [3.63, 3.8) is 0 Å². The number of rotatable bonds is 5. The number of aromatic nitrogens is 2. The number of hydrogen-bond donors (Lipinski definition) is 2. The Morgan fingerprint density at radius 2 is 1.96 bits per heavy atom. The molecule has 3 N–H and O–H groups in total. The molecule has 0 spiro atoms. The van der Waals surface area contributed by atoms with Gasteiger partial charge in [0.1, 0.15) is 10.6 Å². The van der Waals surface area contributed by atoms with Gasteiger partial charge in [0.15, 0.2) is 0 Å². The zero-order valence-electron chi connectivity index (χ0n) is 14.8. The van der Waals surface area contributed by atoms with E-state index >= 15 is 0 Å². The molecule has 1 saturated heterocycles. The first kappa shape index (κ1) is 18.6. The van der Waals surface area contributed by atoms with Crippen LogP contribution < -0.4 is 5.73 Å². The van der Waals surface area contributed by atoms with Crippen molar-refractivity contribution in [2.75, 3.05) is 26.1 Å². The summed E-state index contributed by atoms with van der Waals surface area (Å²) in [5.41, 5.74) is 7.68. The number of oxime groups is 1. The average molecular weight is 374 g/mol. The van der Waals surface area contributed by atoms with E-state index in [1.54, 1.807) is 14.0 Å². The van der Waals surface area contributed by atoms with Gasteiger partial charge >= 0.3 is 0 Å². The van der Waals surface area contributed by atoms with Gasteiger partial charge in [0.2, 0.25) is 5.95 Å². The van der Waals surface area contributed by atoms with E-state index in [0.29, 0.717) is 18.9 Å². The molecule has 1 aromatic carbocycles. The number of anilines is 1. The predicted octanol–water partition coefficient (Wildman–Crippen LogP) is 3.06. The highest BCUT2D eigenvalue weighted by molar-refractivity contribution is 7.99. The van der Waals surface area contributed by atoms with Crippen molar-refractivity contribution in [3.8, 4) is 0 Å². The van der Waals surface area contributed by atoms with Gasteiger partial charge in [-0.1, -0.05) is 29.1 Å². The van der Waals surface area contributed by atoms with Crippen LogP contribution in [-0.4, -0.2) is 41.2 Å². The standard InChI is InChI=1S/C18H22N4O3S/c1-12(22-23)13-3-5-14(6-4-13)26-16-11-15(20-17(19)21-16)18(24-2)7-9-25-10-8-18/h3-6,11,23H,7-10H2,1-2H3,(H2,19,20,21)/b22-12-. The van der Waals surface area contributed by atoms with Gasteiger partial charge in [-0.15, -0.1) is 0 Å². The lowest BCUT2D eigenvalue weighted by molar-refractivity contribution is -0.0974. The molecular formula is C18H22N4O3S. The summed E-state index contributed by atoms with van der Waals surface area (Å²) in [4.78, 5) is 9.76. The lowest BCUT2D eigenvalue weighted by Crippen LogP contribution is -2.36. The number of benzene rings is 1. The average Bonchev–Trinajstić information content (AvgIpc) is 2.68. The van der Waals surface area contributed by atoms with Crippen LogP contribution in [0.1, 0.15) is 31.0 Å². The van der Waals surface area contributed by atoms with E-state index in [0.717, 1.165) is 34.0 Å². The molecule has 0 saturated carbocycles. The minimum absolute atomic E-state index is 0.229. The summed E-state index contributed by atoms with van der Waals surface area (Å²) in [6, 6.07) is 9.64. The molecule has 0 aliphatic carbocycles. The van der Waals surface area contributed by atoms with E-state index < -0.39 is 5.60 Å². The Labute approximate surface area is 156 Å². The molecule has 8 heteroatoms. The molecule has 1 aromatic heterocycles. The van der Waals surface area contributed by atoms with Gasteiger partial charge in [0, 0.05) is 38.1 Å². The summed E-state index contributed by atoms with van der Waals surface area (Å²) in [6.45, 7) is 3.01. The van der Waals surface area contributed by atoms with Crippen molar-refractivity contribution in [2.24, 2.45) is 5.16 Å². The van der Waals surface area contributed by atoms with Crippen molar-refractivity contribution < 1.29 is 14.7 Å². The molecule has 1 fully saturated rings. The summed E-state index contributed by atoms with van der Waals surface area (Å²) in [7, 11) is 1.69. The molecule has 0 amide bonds. The fourth-order valence-electron chi connectivity index (χ4n) is 2.94. The first-order valence-corrected chi connectivity index (χ1v) is 9.13. The quantitative estimate of drug-likeness (QED) is 0.359. The number of hydrogen-bond acceptors (Lipinski definition) is 8. The van der Waals surface area contributed by atoms with Crippen LogP contribution in [0.3, 0.4) is 0 Å². The molecule has 0 atom stereocenters. The Balaban J connectivity index is 1.86. The maximum Gasteiger partial charge on any atom is 0.221 e. The normalized spacial score (nSPS) is 17.2. The second-order valence-electron chi connectivity index (χ2n) is 6.07. The van der Waals surface area contributed by atoms with Crippen molar-refractivity contribution in [1.82, 2.24) is 9.97 Å². The Morgan fingerprint density at radius 1 is 1.27 bits per heavy atom. The predicted molar refractivity (Wildman–Crippen MR) is 99.7 cm³/mol. The van der Waals surface area contributed by atoms with Crippen LogP contribution in [0.5, 0.6) is 0 Å². The van der Waals surface area contributed by atoms with Gasteiger partial charge in [-0.25, -0.2) is 9.97 Å². The third kappa shape index (κ3) is 3.98. The van der Waals surface area contributed by atoms with Gasteiger partial charge in [-0.3, -0.25) is 0 Å². The number of methoxy groups -OCH3 is 1. The van der Waals surface area contributed by atoms with Crippen LogP contribution in [0.4, 0.5) is 5.95 Å². The minimum atomic E-state index is -0.483. The molecule has 0 bridgehead atoms. The third-order valence-electron chi connectivity index (χ3n) is 4.52. The molecule has 1 aliphatic heterocycles.